The molecule has 2 rings (SSSR count). The third kappa shape index (κ3) is 3.26. The summed E-state index contributed by atoms with van der Waals surface area (Å²) in [6.45, 7) is 11.3. The third-order valence-corrected chi connectivity index (χ3v) is 3.67. The molecular weight excluding hydrogens is 220 g/mol. The minimum Gasteiger partial charge on any atom is -0.368 e. The fraction of sp³-hybridized carbons (Fsp3) is 0.625. The van der Waals surface area contributed by atoms with E-state index in [1.54, 1.807) is 0 Å². The van der Waals surface area contributed by atoms with Crippen LogP contribution in [0.25, 0.3) is 0 Å². The molecular formula is C16H26N2. The van der Waals surface area contributed by atoms with E-state index in [9.17, 15) is 0 Å². The predicted octanol–water partition coefficient (Wildman–Crippen LogP) is 3.22. The second-order valence-corrected chi connectivity index (χ2v) is 6.39. The van der Waals surface area contributed by atoms with Gasteiger partial charge in [0.25, 0.3) is 0 Å². The van der Waals surface area contributed by atoms with Gasteiger partial charge in [-0.3, -0.25) is 0 Å². The van der Waals surface area contributed by atoms with Gasteiger partial charge in [-0.1, -0.05) is 18.2 Å². The van der Waals surface area contributed by atoms with E-state index in [1.165, 1.54) is 30.6 Å². The summed E-state index contributed by atoms with van der Waals surface area (Å²) < 4.78 is 0. The Bertz CT molecular complexity index is 392. The first kappa shape index (κ1) is 13.4. The Kier molecular flexibility index (Phi) is 3.96. The Morgan fingerprint density at radius 1 is 1.28 bits per heavy atom. The summed E-state index contributed by atoms with van der Waals surface area (Å²) in [6, 6.07) is 9.43. The van der Waals surface area contributed by atoms with Crippen molar-refractivity contribution >= 4 is 5.69 Å². The number of para-hydroxylation sites is 1. The molecule has 0 saturated heterocycles. The van der Waals surface area contributed by atoms with Gasteiger partial charge in [-0.25, -0.2) is 0 Å². The second kappa shape index (κ2) is 5.31. The quantitative estimate of drug-likeness (QED) is 0.877. The number of benzene rings is 1. The normalized spacial score (nSPS) is 16.8. The van der Waals surface area contributed by atoms with E-state index < -0.39 is 0 Å². The first-order valence-corrected chi connectivity index (χ1v) is 7.07. The summed E-state index contributed by atoms with van der Waals surface area (Å²) in [4.78, 5) is 2.56. The van der Waals surface area contributed by atoms with Crippen LogP contribution in [0.2, 0.25) is 0 Å². The van der Waals surface area contributed by atoms with Crippen molar-refractivity contribution in [1.82, 2.24) is 5.32 Å². The molecule has 0 bridgehead atoms. The van der Waals surface area contributed by atoms with Gasteiger partial charge in [0.05, 0.1) is 0 Å². The van der Waals surface area contributed by atoms with Gasteiger partial charge in [0.2, 0.25) is 0 Å². The molecule has 0 radical (unpaired) electrons. The van der Waals surface area contributed by atoms with Gasteiger partial charge in [0.1, 0.15) is 0 Å². The Labute approximate surface area is 111 Å². The summed E-state index contributed by atoms with van der Waals surface area (Å²) in [5.41, 5.74) is 3.18. The number of anilines is 1. The van der Waals surface area contributed by atoms with Crippen molar-refractivity contribution in [2.75, 3.05) is 18.0 Å². The smallest absolute Gasteiger partial charge is 0.0401 e. The Morgan fingerprint density at radius 2 is 2.00 bits per heavy atom. The first-order chi connectivity index (χ1) is 8.47. The van der Waals surface area contributed by atoms with Gasteiger partial charge in [-0.15, -0.1) is 0 Å². The van der Waals surface area contributed by atoms with E-state index in [0.29, 0.717) is 6.04 Å². The van der Waals surface area contributed by atoms with Crippen LogP contribution in [0.3, 0.4) is 0 Å². The molecule has 1 aliphatic heterocycles. The second-order valence-electron chi connectivity index (χ2n) is 6.39. The summed E-state index contributed by atoms with van der Waals surface area (Å²) >= 11 is 0. The van der Waals surface area contributed by atoms with Gasteiger partial charge >= 0.3 is 0 Å². The monoisotopic (exact) mass is 246 g/mol. The fourth-order valence-electron chi connectivity index (χ4n) is 2.63. The third-order valence-electron chi connectivity index (χ3n) is 3.67. The average Bonchev–Trinajstić information content (AvgIpc) is 2.70. The predicted molar refractivity (Wildman–Crippen MR) is 79.3 cm³/mol. The van der Waals surface area contributed by atoms with Crippen LogP contribution < -0.4 is 10.2 Å². The van der Waals surface area contributed by atoms with Crippen LogP contribution in [0.5, 0.6) is 0 Å². The van der Waals surface area contributed by atoms with Crippen molar-refractivity contribution in [3.63, 3.8) is 0 Å². The van der Waals surface area contributed by atoms with E-state index in [-0.39, 0.29) is 5.54 Å². The molecule has 0 amide bonds. The van der Waals surface area contributed by atoms with Crippen molar-refractivity contribution < 1.29 is 0 Å². The molecule has 0 saturated carbocycles. The molecule has 0 spiro atoms. The Balaban J connectivity index is 1.89. The SMILES string of the molecule is CC(CCNC(C)(C)C)N1CCc2ccccc21. The zero-order chi connectivity index (χ0) is 13.2. The summed E-state index contributed by atoms with van der Waals surface area (Å²) in [7, 11) is 0. The van der Waals surface area contributed by atoms with Crippen molar-refractivity contribution in [2.45, 2.75) is 52.1 Å². The highest BCUT2D eigenvalue weighted by atomic mass is 15.2. The minimum absolute atomic E-state index is 0.225. The number of hydrogen-bond acceptors (Lipinski definition) is 2. The van der Waals surface area contributed by atoms with E-state index in [2.05, 4.69) is 62.2 Å². The lowest BCUT2D eigenvalue weighted by molar-refractivity contribution is 0.410. The topological polar surface area (TPSA) is 15.3 Å². The maximum absolute atomic E-state index is 3.57. The van der Waals surface area contributed by atoms with Crippen molar-refractivity contribution in [3.8, 4) is 0 Å². The van der Waals surface area contributed by atoms with Gasteiger partial charge in [0, 0.05) is 23.8 Å². The zero-order valence-corrected chi connectivity index (χ0v) is 12.2. The fourth-order valence-corrected chi connectivity index (χ4v) is 2.63. The van der Waals surface area contributed by atoms with Crippen molar-refractivity contribution in [3.05, 3.63) is 29.8 Å². The van der Waals surface area contributed by atoms with Crippen LogP contribution in [-0.2, 0) is 6.42 Å². The highest BCUT2D eigenvalue weighted by Crippen LogP contribution is 2.29. The molecule has 1 aromatic carbocycles. The summed E-state index contributed by atoms with van der Waals surface area (Å²) in [6.07, 6.45) is 2.40. The molecule has 2 nitrogen and oxygen atoms in total. The lowest BCUT2D eigenvalue weighted by Crippen LogP contribution is -2.40. The van der Waals surface area contributed by atoms with E-state index >= 15 is 0 Å². The lowest BCUT2D eigenvalue weighted by Gasteiger charge is -2.29. The molecule has 18 heavy (non-hydrogen) atoms. The zero-order valence-electron chi connectivity index (χ0n) is 12.2. The molecule has 1 N–H and O–H groups in total. The lowest BCUT2D eigenvalue weighted by atomic mass is 10.1. The molecule has 1 aliphatic rings. The van der Waals surface area contributed by atoms with E-state index in [1.807, 2.05) is 0 Å². The van der Waals surface area contributed by atoms with Crippen LogP contribution >= 0.6 is 0 Å². The highest BCUT2D eigenvalue weighted by Gasteiger charge is 2.22. The van der Waals surface area contributed by atoms with Crippen LogP contribution in [-0.4, -0.2) is 24.7 Å². The number of fused-ring (bicyclic) bond motifs is 1. The molecule has 1 aromatic rings. The maximum Gasteiger partial charge on any atom is 0.0401 e. The Morgan fingerprint density at radius 3 is 2.72 bits per heavy atom. The minimum atomic E-state index is 0.225. The van der Waals surface area contributed by atoms with E-state index in [4.69, 9.17) is 0 Å². The molecule has 1 heterocycles. The molecule has 2 heteroatoms. The number of hydrogen-bond donors (Lipinski definition) is 1. The van der Waals surface area contributed by atoms with Crippen LogP contribution in [0.15, 0.2) is 24.3 Å². The standard InChI is InChI=1S/C16H26N2/c1-13(9-11-17-16(2,3)4)18-12-10-14-7-5-6-8-15(14)18/h5-8,13,17H,9-12H2,1-4H3. The summed E-state index contributed by atoms with van der Waals surface area (Å²) in [5, 5.41) is 3.57. The van der Waals surface area contributed by atoms with Gasteiger partial charge in [0.15, 0.2) is 0 Å². The number of nitrogens with zero attached hydrogens (tertiary/aromatic N) is 1. The molecule has 1 atom stereocenters. The highest BCUT2D eigenvalue weighted by molar-refractivity contribution is 5.58. The van der Waals surface area contributed by atoms with Gasteiger partial charge in [-0.05, 0) is 58.7 Å². The Hall–Kier alpha value is -1.02. The van der Waals surface area contributed by atoms with Crippen LogP contribution in [0.1, 0.15) is 39.7 Å². The number of nitrogens with one attached hydrogen (secondary N) is 1. The van der Waals surface area contributed by atoms with Gasteiger partial charge < -0.3 is 10.2 Å². The molecule has 0 aliphatic carbocycles. The molecule has 100 valence electrons. The van der Waals surface area contributed by atoms with Crippen molar-refractivity contribution in [2.24, 2.45) is 0 Å². The van der Waals surface area contributed by atoms with E-state index in [0.717, 1.165) is 6.54 Å². The molecule has 1 unspecified atom stereocenters. The van der Waals surface area contributed by atoms with Crippen LogP contribution in [0, 0.1) is 0 Å². The largest absolute Gasteiger partial charge is 0.368 e. The number of rotatable bonds is 4. The maximum atomic E-state index is 3.57. The molecule has 0 fully saturated rings. The molecule has 0 aromatic heterocycles. The van der Waals surface area contributed by atoms with Gasteiger partial charge in [-0.2, -0.15) is 0 Å². The average molecular weight is 246 g/mol. The van der Waals surface area contributed by atoms with Crippen LogP contribution in [0.4, 0.5) is 5.69 Å². The summed E-state index contributed by atoms with van der Waals surface area (Å²) in [5.74, 6) is 0. The first-order valence-electron chi connectivity index (χ1n) is 7.07. The van der Waals surface area contributed by atoms with Crippen molar-refractivity contribution in [1.29, 1.82) is 0 Å².